The van der Waals surface area contributed by atoms with Crippen LogP contribution in [0.2, 0.25) is 0 Å². The number of rotatable bonds is 8. The molecule has 0 radical (unpaired) electrons. The Labute approximate surface area is 236 Å². The zero-order valence-electron chi connectivity index (χ0n) is 21.6. The molecule has 0 bridgehead atoms. The highest BCUT2D eigenvalue weighted by atomic mass is 31.2. The number of amides is 1. The van der Waals surface area contributed by atoms with Gasteiger partial charge in [0.2, 0.25) is 0 Å². The molecule has 5 rings (SSSR count). The summed E-state index contributed by atoms with van der Waals surface area (Å²) in [6, 6.07) is 37.5. The molecule has 5 aromatic rings. The predicted molar refractivity (Wildman–Crippen MR) is 160 cm³/mol. The number of hydrogen-bond donors (Lipinski definition) is 1. The average Bonchev–Trinajstić information content (AvgIpc) is 3.01. The van der Waals surface area contributed by atoms with Crippen molar-refractivity contribution in [1.29, 1.82) is 0 Å². The first kappa shape index (κ1) is 28.5. The van der Waals surface area contributed by atoms with E-state index >= 15 is 17.6 Å². The van der Waals surface area contributed by atoms with Gasteiger partial charge < -0.3 is 5.73 Å². The van der Waals surface area contributed by atoms with Crippen LogP contribution in [0.25, 0.3) is 0 Å². The Morgan fingerprint density at radius 3 is 1.34 bits per heavy atom. The second-order valence-corrected chi connectivity index (χ2v) is 14.9. The molecule has 0 unspecified atom stereocenters. The third kappa shape index (κ3) is 5.61. The molecule has 0 aromatic heterocycles. The van der Waals surface area contributed by atoms with Crippen molar-refractivity contribution < 1.29 is 22.4 Å². The van der Waals surface area contributed by atoms with Gasteiger partial charge in [-0.3, -0.25) is 9.54 Å². The molecule has 206 valence electrons. The minimum Gasteiger partial charge on any atom is -0.365 e. The van der Waals surface area contributed by atoms with Gasteiger partial charge in [-0.1, -0.05) is 121 Å². The van der Waals surface area contributed by atoms with Crippen LogP contribution in [0, 0.1) is 23.3 Å². The van der Waals surface area contributed by atoms with Crippen LogP contribution in [-0.4, -0.2) is 11.8 Å². The van der Waals surface area contributed by atoms with Gasteiger partial charge in [0.25, 0.3) is 5.91 Å². The lowest BCUT2D eigenvalue weighted by Crippen LogP contribution is -2.23. The fraction of sp³-hybridized carbons (Fsp3) is 0.0312. The van der Waals surface area contributed by atoms with Gasteiger partial charge in [-0.2, -0.15) is 0 Å². The predicted octanol–water partition coefficient (Wildman–Crippen LogP) is 6.92. The summed E-state index contributed by atoms with van der Waals surface area (Å²) in [5.74, 6) is -8.58. The average molecular weight is 590 g/mol. The zero-order chi connectivity index (χ0) is 29.0. The van der Waals surface area contributed by atoms with E-state index in [2.05, 4.69) is 4.74 Å². The number of carbonyl (C=O) groups excluding carboxylic acids is 1. The third-order valence-electron chi connectivity index (χ3n) is 6.61. The van der Waals surface area contributed by atoms with Crippen LogP contribution in [0.3, 0.4) is 0 Å². The van der Waals surface area contributed by atoms with Crippen LogP contribution < -0.4 is 27.0 Å². The van der Waals surface area contributed by atoms with Crippen molar-refractivity contribution in [3.05, 3.63) is 150 Å². The van der Waals surface area contributed by atoms with Gasteiger partial charge in [-0.05, 0) is 29.1 Å². The van der Waals surface area contributed by atoms with E-state index in [1.807, 2.05) is 97.1 Å². The van der Waals surface area contributed by atoms with Crippen molar-refractivity contribution in [3.63, 3.8) is 0 Å². The van der Waals surface area contributed by atoms with Crippen LogP contribution in [0.5, 0.6) is 0 Å². The summed E-state index contributed by atoms with van der Waals surface area (Å²) in [6.07, 6.45) is 0. The number of nitrogens with two attached hydrogens (primary N) is 1. The van der Waals surface area contributed by atoms with Crippen molar-refractivity contribution in [2.75, 3.05) is 5.90 Å². The van der Waals surface area contributed by atoms with Gasteiger partial charge in [0, 0.05) is 13.0 Å². The van der Waals surface area contributed by atoms with Crippen molar-refractivity contribution in [2.45, 2.75) is 0 Å². The van der Waals surface area contributed by atoms with E-state index in [9.17, 15) is 4.79 Å². The largest absolute Gasteiger partial charge is 0.365 e. The minimum atomic E-state index is -3.22. The maximum absolute atomic E-state index is 15.5. The number of nitrogens with zero attached hydrogens (tertiary/aromatic N) is 1. The first-order valence-electron chi connectivity index (χ1n) is 12.6. The molecule has 1 amide bonds. The quantitative estimate of drug-likeness (QED) is 0.119. The molecule has 0 spiro atoms. The van der Waals surface area contributed by atoms with Crippen LogP contribution >= 0.6 is 15.0 Å². The van der Waals surface area contributed by atoms with E-state index in [1.54, 1.807) is 24.3 Å². The maximum Gasteiger partial charge on any atom is 0.254 e. The van der Waals surface area contributed by atoms with Crippen LogP contribution in [0.15, 0.2) is 126 Å². The van der Waals surface area contributed by atoms with Crippen molar-refractivity contribution in [2.24, 2.45) is 10.5 Å². The van der Waals surface area contributed by atoms with E-state index in [0.29, 0.717) is 16.5 Å². The second kappa shape index (κ2) is 12.2. The molecule has 5 aromatic carbocycles. The summed E-state index contributed by atoms with van der Waals surface area (Å²) >= 11 is 0. The van der Waals surface area contributed by atoms with Gasteiger partial charge in [0.15, 0.2) is 23.3 Å². The van der Waals surface area contributed by atoms with E-state index in [0.717, 1.165) is 10.6 Å². The van der Waals surface area contributed by atoms with E-state index in [4.69, 9.17) is 5.73 Å². The molecule has 0 heterocycles. The Bertz CT molecular complexity index is 1620. The zero-order valence-corrected chi connectivity index (χ0v) is 23.4. The smallest absolute Gasteiger partial charge is 0.254 e. The molecule has 9 heteroatoms. The molecule has 41 heavy (non-hydrogen) atoms. The number of hydrogen-bond acceptors (Lipinski definition) is 2. The molecule has 3 nitrogen and oxygen atoms in total. The lowest BCUT2D eigenvalue weighted by Gasteiger charge is -2.31. The number of benzene rings is 5. The maximum atomic E-state index is 15.5. The van der Waals surface area contributed by atoms with Gasteiger partial charge >= 0.3 is 0 Å². The van der Waals surface area contributed by atoms with Crippen molar-refractivity contribution in [1.82, 2.24) is 0 Å². The lowest BCUT2D eigenvalue weighted by atomic mass is 10.1. The molecular weight excluding hydrogens is 566 g/mol. The Balaban J connectivity index is 1.90. The number of halogens is 4. The van der Waals surface area contributed by atoms with Gasteiger partial charge in [-0.15, -0.1) is 0 Å². The summed E-state index contributed by atoms with van der Waals surface area (Å²) in [5, 5.41) is 3.35. The van der Waals surface area contributed by atoms with Crippen LogP contribution in [0.1, 0.15) is 10.4 Å². The molecule has 0 fully saturated rings. The SMILES string of the molecule is NC(=O)c1c(F)c(F)c(N=P(CP(c2ccccc2)c2ccccc2)(c2ccccc2)c2ccccc2)c(F)c1F. The summed E-state index contributed by atoms with van der Waals surface area (Å²) in [5.41, 5.74) is 2.45. The first-order valence-corrected chi connectivity index (χ1v) is 16.0. The molecule has 0 aliphatic rings. The second-order valence-electron chi connectivity index (χ2n) is 9.12. The minimum absolute atomic E-state index is 0.310. The molecular formula is C32H24F4N2OP2. The third-order valence-corrected chi connectivity index (χ3v) is 14.1. The highest BCUT2D eigenvalue weighted by molar-refractivity contribution is 7.92. The van der Waals surface area contributed by atoms with E-state index in [-0.39, 0.29) is 0 Å². The lowest BCUT2D eigenvalue weighted by molar-refractivity contribution is 0.0990. The fourth-order valence-electron chi connectivity index (χ4n) is 4.64. The summed E-state index contributed by atoms with van der Waals surface area (Å²) < 4.78 is 65.8. The standard InChI is InChI=1S/C32H24F4N2OP2/c33-27-26(32(37)39)28(34)30(36)31(29(27)35)38-41(24-17-9-3-10-18-24,25-19-11-4-12-20-25)21-40(22-13-5-1-6-14-22)23-15-7-2-8-16-23/h1-20H,21H2,(H2,37,39). The number of primary amides is 1. The highest BCUT2D eigenvalue weighted by Gasteiger charge is 2.34. The first-order chi connectivity index (χ1) is 19.8. The normalized spacial score (nSPS) is 11.4. The summed E-state index contributed by atoms with van der Waals surface area (Å²) in [7, 11) is -4.40. The van der Waals surface area contributed by atoms with Gasteiger partial charge in [0.05, 0.1) is 0 Å². The Morgan fingerprint density at radius 2 is 0.976 bits per heavy atom. The van der Waals surface area contributed by atoms with Gasteiger partial charge in [-0.25, -0.2) is 17.6 Å². The van der Waals surface area contributed by atoms with Crippen molar-refractivity contribution >= 4 is 47.8 Å². The Morgan fingerprint density at radius 1 is 0.610 bits per heavy atom. The summed E-state index contributed by atoms with van der Waals surface area (Å²) in [6.45, 7) is 0. The van der Waals surface area contributed by atoms with Gasteiger partial charge in [0.1, 0.15) is 11.3 Å². The fourth-order valence-corrected chi connectivity index (χ4v) is 12.9. The monoisotopic (exact) mass is 590 g/mol. The molecule has 2 N–H and O–H groups in total. The highest BCUT2D eigenvalue weighted by Crippen LogP contribution is 2.59. The van der Waals surface area contributed by atoms with Crippen LogP contribution in [0.4, 0.5) is 23.2 Å². The molecule has 0 aliphatic heterocycles. The Kier molecular flexibility index (Phi) is 8.49. The number of carbonyl (C=O) groups is 1. The van der Waals surface area contributed by atoms with E-state index < -0.39 is 55.4 Å². The Hall–Kier alpha value is -4.05. The molecule has 0 aliphatic carbocycles. The molecule has 0 saturated carbocycles. The van der Waals surface area contributed by atoms with E-state index in [1.165, 1.54) is 0 Å². The topological polar surface area (TPSA) is 55.5 Å². The molecule has 0 atom stereocenters. The van der Waals surface area contributed by atoms with Crippen LogP contribution in [-0.2, 0) is 0 Å². The summed E-state index contributed by atoms with van der Waals surface area (Å²) in [4.78, 5) is 11.6. The molecule has 0 saturated heterocycles. The van der Waals surface area contributed by atoms with Crippen molar-refractivity contribution in [3.8, 4) is 0 Å².